The zero-order valence-corrected chi connectivity index (χ0v) is 31.4. The van der Waals surface area contributed by atoms with Crippen molar-refractivity contribution in [2.75, 3.05) is 42.7 Å². The number of amides is 3. The van der Waals surface area contributed by atoms with E-state index in [1.807, 2.05) is 73.7 Å². The van der Waals surface area contributed by atoms with Crippen LogP contribution in [0.2, 0.25) is 0 Å². The number of aliphatic hydroxyl groups is 3. The molecule has 2 aliphatic rings. The van der Waals surface area contributed by atoms with Gasteiger partial charge >= 0.3 is 0 Å². The predicted molar refractivity (Wildman–Crippen MR) is 212 cm³/mol. The summed E-state index contributed by atoms with van der Waals surface area (Å²) in [5.41, 5.74) is 2.39. The van der Waals surface area contributed by atoms with Gasteiger partial charge in [-0.2, -0.15) is 0 Å². The maximum atomic E-state index is 14.5. The van der Waals surface area contributed by atoms with Crippen LogP contribution in [0.5, 0.6) is 5.75 Å². The van der Waals surface area contributed by atoms with E-state index in [1.165, 1.54) is 4.90 Å². The van der Waals surface area contributed by atoms with Crippen LogP contribution in [-0.2, 0) is 33.0 Å². The van der Waals surface area contributed by atoms with Crippen molar-refractivity contribution in [2.24, 2.45) is 5.92 Å². The summed E-state index contributed by atoms with van der Waals surface area (Å²) in [5, 5.41) is 35.0. The van der Waals surface area contributed by atoms with E-state index in [4.69, 9.17) is 4.74 Å². The van der Waals surface area contributed by atoms with E-state index in [0.717, 1.165) is 11.1 Å². The Morgan fingerprint density at radius 1 is 0.927 bits per heavy atom. The third kappa shape index (κ3) is 8.35. The maximum Gasteiger partial charge on any atom is 0.268 e. The van der Waals surface area contributed by atoms with E-state index in [9.17, 15) is 29.7 Å². The first-order chi connectivity index (χ1) is 26.7. The Balaban J connectivity index is 1.35. The summed E-state index contributed by atoms with van der Waals surface area (Å²) in [6.45, 7) is 5.11. The standard InChI is InChI=1S/C44H50N4O7/c1-3-55-36-20-22-39-33(27-36)28-38(45-23-10-11-25-49)42(52)47(39)35-19-21-40-37(29-35)44(54,43(53)48(40)34-16-8-5-9-17-34)31(2)13-12-18-41(51)46(24-26-50)30-32-14-6-4-7-15-32/h4-9,12-17,19-22,27,29,31,38,45,49-50,54H,3,10-11,18,23-26,28,30H2,1-2H3/b13-12+/t31-,38?,44+/m0/s1. The lowest BCUT2D eigenvalue weighted by Gasteiger charge is -2.35. The van der Waals surface area contributed by atoms with Crippen LogP contribution in [0, 0.1) is 5.92 Å². The van der Waals surface area contributed by atoms with E-state index >= 15 is 0 Å². The van der Waals surface area contributed by atoms with Gasteiger partial charge in [-0.3, -0.25) is 24.2 Å². The molecule has 0 saturated heterocycles. The molecule has 0 fully saturated rings. The second-order valence-electron chi connectivity index (χ2n) is 13.9. The summed E-state index contributed by atoms with van der Waals surface area (Å²) in [6.07, 6.45) is 5.12. The van der Waals surface area contributed by atoms with Crippen LogP contribution in [0.1, 0.15) is 49.8 Å². The van der Waals surface area contributed by atoms with Crippen LogP contribution >= 0.6 is 0 Å². The summed E-state index contributed by atoms with van der Waals surface area (Å²) >= 11 is 0. The Bertz CT molecular complexity index is 1990. The van der Waals surface area contributed by atoms with Crippen molar-refractivity contribution >= 4 is 40.5 Å². The molecule has 0 saturated carbocycles. The number of fused-ring (bicyclic) bond motifs is 2. The number of nitrogens with one attached hydrogen (secondary N) is 1. The summed E-state index contributed by atoms with van der Waals surface area (Å²) in [5.74, 6) is -1.01. The topological polar surface area (TPSA) is 143 Å². The minimum Gasteiger partial charge on any atom is -0.494 e. The highest BCUT2D eigenvalue weighted by Gasteiger charge is 2.53. The lowest BCUT2D eigenvalue weighted by molar-refractivity contribution is -0.138. The zero-order chi connectivity index (χ0) is 39.0. The Labute approximate surface area is 322 Å². The number of hydrogen-bond acceptors (Lipinski definition) is 8. The first-order valence-electron chi connectivity index (χ1n) is 19.0. The minimum absolute atomic E-state index is 0.00618. The first-order valence-corrected chi connectivity index (χ1v) is 19.0. The summed E-state index contributed by atoms with van der Waals surface area (Å²) in [7, 11) is 0. The molecule has 55 heavy (non-hydrogen) atoms. The number of rotatable bonds is 17. The second kappa shape index (κ2) is 17.9. The average molecular weight is 747 g/mol. The van der Waals surface area contributed by atoms with Crippen molar-refractivity contribution in [3.8, 4) is 5.75 Å². The van der Waals surface area contributed by atoms with Gasteiger partial charge in [0, 0.05) is 49.0 Å². The van der Waals surface area contributed by atoms with E-state index in [1.54, 1.807) is 59.2 Å². The van der Waals surface area contributed by atoms with Crippen LogP contribution in [0.4, 0.5) is 22.7 Å². The van der Waals surface area contributed by atoms with Gasteiger partial charge < -0.3 is 30.3 Å². The van der Waals surface area contributed by atoms with Gasteiger partial charge in [-0.15, -0.1) is 0 Å². The molecular formula is C44H50N4O7. The molecular weight excluding hydrogens is 697 g/mol. The van der Waals surface area contributed by atoms with Gasteiger partial charge in [0.1, 0.15) is 5.75 Å². The quantitative estimate of drug-likeness (QED) is 0.0820. The van der Waals surface area contributed by atoms with Crippen molar-refractivity contribution in [3.63, 3.8) is 0 Å². The highest BCUT2D eigenvalue weighted by molar-refractivity contribution is 6.13. The van der Waals surface area contributed by atoms with E-state index in [2.05, 4.69) is 5.32 Å². The number of nitrogens with zero attached hydrogens (tertiary/aromatic N) is 3. The highest BCUT2D eigenvalue weighted by Crippen LogP contribution is 2.50. The molecule has 0 spiro atoms. The number of benzene rings is 4. The number of para-hydroxylation sites is 1. The molecule has 3 atom stereocenters. The van der Waals surface area contributed by atoms with Crippen LogP contribution in [0.15, 0.2) is 109 Å². The van der Waals surface area contributed by atoms with Crippen LogP contribution in [0.25, 0.3) is 0 Å². The smallest absolute Gasteiger partial charge is 0.268 e. The number of carbonyl (C=O) groups is 3. The number of carbonyl (C=O) groups excluding carboxylic acids is 3. The third-order valence-corrected chi connectivity index (χ3v) is 10.3. The van der Waals surface area contributed by atoms with Gasteiger partial charge in [0.15, 0.2) is 5.60 Å². The van der Waals surface area contributed by atoms with Crippen LogP contribution in [0.3, 0.4) is 0 Å². The number of anilines is 4. The SMILES string of the molecule is CCOc1ccc2c(c1)CC(NCCCCO)C(=O)N2c1ccc2c(c1)[C@](O)([C@@H](C)/C=C/CC(=O)N(CCO)Cc1ccccc1)C(=O)N2c1ccccc1. The van der Waals surface area contributed by atoms with Crippen molar-refractivity contribution in [2.45, 2.75) is 57.7 Å². The fraction of sp³-hybridized carbons (Fsp3) is 0.341. The van der Waals surface area contributed by atoms with Crippen molar-refractivity contribution in [1.29, 1.82) is 0 Å². The summed E-state index contributed by atoms with van der Waals surface area (Å²) < 4.78 is 5.80. The van der Waals surface area contributed by atoms with Crippen molar-refractivity contribution < 1.29 is 34.4 Å². The Kier molecular flexibility index (Phi) is 12.8. The summed E-state index contributed by atoms with van der Waals surface area (Å²) in [6, 6.07) is 29.0. The molecule has 2 aliphatic heterocycles. The van der Waals surface area contributed by atoms with E-state index < -0.39 is 23.5 Å². The maximum absolute atomic E-state index is 14.5. The van der Waals surface area contributed by atoms with Gasteiger partial charge in [-0.25, -0.2) is 0 Å². The highest BCUT2D eigenvalue weighted by atomic mass is 16.5. The monoisotopic (exact) mass is 746 g/mol. The second-order valence-corrected chi connectivity index (χ2v) is 13.9. The molecule has 4 N–H and O–H groups in total. The van der Waals surface area contributed by atoms with Gasteiger partial charge in [0.25, 0.3) is 5.91 Å². The van der Waals surface area contributed by atoms with E-state index in [-0.39, 0.29) is 38.0 Å². The molecule has 2 heterocycles. The molecule has 6 rings (SSSR count). The molecule has 0 aliphatic carbocycles. The molecule has 0 radical (unpaired) electrons. The molecule has 0 aromatic heterocycles. The average Bonchev–Trinajstić information content (AvgIpc) is 3.43. The minimum atomic E-state index is -2.04. The number of ether oxygens (including phenoxy) is 1. The lowest BCUT2D eigenvalue weighted by atomic mass is 9.82. The van der Waals surface area contributed by atoms with Crippen molar-refractivity contribution in [3.05, 3.63) is 126 Å². The van der Waals surface area contributed by atoms with Gasteiger partial charge in [0.05, 0.1) is 30.6 Å². The number of hydrogen-bond donors (Lipinski definition) is 4. The fourth-order valence-electron chi connectivity index (χ4n) is 7.41. The molecule has 4 aromatic carbocycles. The van der Waals surface area contributed by atoms with Crippen LogP contribution in [-0.4, -0.2) is 76.9 Å². The molecule has 0 bridgehead atoms. The first kappa shape index (κ1) is 39.4. The van der Waals surface area contributed by atoms with Gasteiger partial charge in [0.2, 0.25) is 11.8 Å². The Morgan fingerprint density at radius 3 is 2.36 bits per heavy atom. The van der Waals surface area contributed by atoms with E-state index in [0.29, 0.717) is 73.0 Å². The molecule has 4 aromatic rings. The molecule has 3 amide bonds. The molecule has 11 nitrogen and oxygen atoms in total. The predicted octanol–water partition coefficient (Wildman–Crippen LogP) is 5.51. The van der Waals surface area contributed by atoms with Crippen LogP contribution < -0.4 is 19.9 Å². The third-order valence-electron chi connectivity index (χ3n) is 10.3. The van der Waals surface area contributed by atoms with Gasteiger partial charge in [-0.05, 0) is 92.4 Å². The molecule has 288 valence electrons. The normalized spacial score (nSPS) is 18.4. The zero-order valence-electron chi connectivity index (χ0n) is 31.4. The molecule has 11 heteroatoms. The fourth-order valence-corrected chi connectivity index (χ4v) is 7.41. The number of unbranched alkanes of at least 4 members (excludes halogenated alkanes) is 1. The van der Waals surface area contributed by atoms with Crippen molar-refractivity contribution in [1.82, 2.24) is 10.2 Å². The summed E-state index contributed by atoms with van der Waals surface area (Å²) in [4.78, 5) is 46.9. The molecule has 1 unspecified atom stereocenters. The largest absolute Gasteiger partial charge is 0.494 e. The number of aliphatic hydroxyl groups excluding tert-OH is 2. The Hall–Kier alpha value is -5.33. The lowest BCUT2D eigenvalue weighted by Crippen LogP contribution is -2.49. The van der Waals surface area contributed by atoms with Gasteiger partial charge in [-0.1, -0.05) is 67.6 Å². The Morgan fingerprint density at radius 2 is 1.65 bits per heavy atom.